The number of benzene rings is 2. The molecule has 2 N–H and O–H groups in total. The average molecular weight is 417 g/mol. The van der Waals surface area contributed by atoms with Gasteiger partial charge in [-0.25, -0.2) is 10.4 Å². The highest BCUT2D eigenvalue weighted by Crippen LogP contribution is 2.33. The van der Waals surface area contributed by atoms with E-state index in [2.05, 4.69) is 25.7 Å². The smallest absolute Gasteiger partial charge is 0.267 e. The minimum atomic E-state index is -0.496. The number of H-pyrrole nitrogens is 1. The van der Waals surface area contributed by atoms with Gasteiger partial charge in [-0.15, -0.1) is 5.10 Å². The molecule has 28 heavy (non-hydrogen) atoms. The van der Waals surface area contributed by atoms with Crippen LogP contribution in [0.4, 0.5) is 5.69 Å². The largest absolute Gasteiger partial charge is 0.283 e. The first-order chi connectivity index (χ1) is 13.4. The Labute approximate surface area is 168 Å². The second kappa shape index (κ2) is 8.63. The number of carbonyl (C=O) groups excluding carboxylic acids is 1. The average Bonchev–Trinajstić information content (AvgIpc) is 3.07. The SMILES string of the molecule is Cc1nc(Sc2ccc(/C=N\NC(=O)c3cccc(Cl)c3)cc2[N+](=O)[O-])n[nH]1. The molecule has 11 heteroatoms. The van der Waals surface area contributed by atoms with E-state index in [0.29, 0.717) is 32.0 Å². The lowest BCUT2D eigenvalue weighted by atomic mass is 10.2. The van der Waals surface area contributed by atoms with Gasteiger partial charge in [-0.3, -0.25) is 20.0 Å². The van der Waals surface area contributed by atoms with E-state index < -0.39 is 10.8 Å². The first kappa shape index (κ1) is 19.5. The van der Waals surface area contributed by atoms with Crippen LogP contribution in [0.1, 0.15) is 21.7 Å². The van der Waals surface area contributed by atoms with E-state index in [1.165, 1.54) is 18.3 Å². The monoisotopic (exact) mass is 416 g/mol. The van der Waals surface area contributed by atoms with Crippen LogP contribution in [0.15, 0.2) is 57.6 Å². The van der Waals surface area contributed by atoms with Crippen molar-refractivity contribution in [2.45, 2.75) is 17.0 Å². The van der Waals surface area contributed by atoms with Crippen LogP contribution in [0.25, 0.3) is 0 Å². The fourth-order valence-corrected chi connectivity index (χ4v) is 3.20. The summed E-state index contributed by atoms with van der Waals surface area (Å²) in [5.41, 5.74) is 3.04. The van der Waals surface area contributed by atoms with E-state index >= 15 is 0 Å². The highest BCUT2D eigenvalue weighted by molar-refractivity contribution is 7.99. The van der Waals surface area contributed by atoms with Crippen molar-refractivity contribution < 1.29 is 9.72 Å². The molecule has 0 radical (unpaired) electrons. The first-order valence-corrected chi connectivity index (χ1v) is 9.06. The lowest BCUT2D eigenvalue weighted by molar-refractivity contribution is -0.387. The molecular weight excluding hydrogens is 404 g/mol. The molecule has 0 atom stereocenters. The summed E-state index contributed by atoms with van der Waals surface area (Å²) in [6, 6.07) is 11.0. The Morgan fingerprint density at radius 1 is 1.36 bits per heavy atom. The van der Waals surface area contributed by atoms with Crippen LogP contribution < -0.4 is 5.43 Å². The number of nitrogens with one attached hydrogen (secondary N) is 2. The molecule has 0 aliphatic carbocycles. The van der Waals surface area contributed by atoms with E-state index in [1.54, 1.807) is 37.3 Å². The van der Waals surface area contributed by atoms with Crippen LogP contribution in [0.3, 0.4) is 0 Å². The maximum atomic E-state index is 12.0. The summed E-state index contributed by atoms with van der Waals surface area (Å²) in [5.74, 6) is 0.171. The van der Waals surface area contributed by atoms with Crippen molar-refractivity contribution in [2.24, 2.45) is 5.10 Å². The van der Waals surface area contributed by atoms with Gasteiger partial charge in [-0.05, 0) is 43.0 Å². The van der Waals surface area contributed by atoms with Crippen molar-refractivity contribution in [1.29, 1.82) is 0 Å². The predicted octanol–water partition coefficient (Wildman–Crippen LogP) is 3.59. The standard InChI is InChI=1S/C17H13ClN6O3S/c1-10-20-17(23-21-10)28-15-6-5-11(7-14(15)24(26)27)9-19-22-16(25)12-3-2-4-13(18)8-12/h2-9H,1H3,(H,22,25)(H,20,21,23)/b19-9-. The number of aromatic amines is 1. The normalized spacial score (nSPS) is 10.9. The molecule has 0 fully saturated rings. The third-order valence-electron chi connectivity index (χ3n) is 3.42. The Balaban J connectivity index is 1.73. The van der Waals surface area contributed by atoms with Crippen molar-refractivity contribution in [3.05, 3.63) is 74.6 Å². The molecule has 1 aromatic heterocycles. The van der Waals surface area contributed by atoms with Crippen molar-refractivity contribution in [3.8, 4) is 0 Å². The van der Waals surface area contributed by atoms with E-state index in [-0.39, 0.29) is 5.69 Å². The van der Waals surface area contributed by atoms with Gasteiger partial charge in [0.05, 0.1) is 16.0 Å². The quantitative estimate of drug-likeness (QED) is 0.359. The van der Waals surface area contributed by atoms with Crippen molar-refractivity contribution >= 4 is 41.2 Å². The molecule has 0 aliphatic heterocycles. The fraction of sp³-hybridized carbons (Fsp3) is 0.0588. The number of hydrazone groups is 1. The predicted molar refractivity (Wildman–Crippen MR) is 105 cm³/mol. The molecular formula is C17H13ClN6O3S. The number of aryl methyl sites for hydroxylation is 1. The molecule has 9 nitrogen and oxygen atoms in total. The van der Waals surface area contributed by atoms with Crippen LogP contribution >= 0.6 is 23.4 Å². The van der Waals surface area contributed by atoms with Crippen molar-refractivity contribution in [2.75, 3.05) is 0 Å². The Morgan fingerprint density at radius 3 is 2.86 bits per heavy atom. The zero-order valence-corrected chi connectivity index (χ0v) is 16.0. The van der Waals surface area contributed by atoms with Gasteiger partial charge < -0.3 is 0 Å². The lowest BCUT2D eigenvalue weighted by Crippen LogP contribution is -2.17. The van der Waals surface area contributed by atoms with Crippen LogP contribution in [0, 0.1) is 17.0 Å². The Morgan fingerprint density at radius 2 is 2.18 bits per heavy atom. The molecule has 0 bridgehead atoms. The van der Waals surface area contributed by atoms with Gasteiger partial charge in [0.15, 0.2) is 0 Å². The van der Waals surface area contributed by atoms with Gasteiger partial charge in [-0.2, -0.15) is 5.10 Å². The number of nitro benzene ring substituents is 1. The topological polar surface area (TPSA) is 126 Å². The lowest BCUT2D eigenvalue weighted by Gasteiger charge is -2.02. The van der Waals surface area contributed by atoms with Gasteiger partial charge in [0.25, 0.3) is 11.6 Å². The van der Waals surface area contributed by atoms with Crippen LogP contribution in [-0.2, 0) is 0 Å². The molecule has 2 aromatic carbocycles. The Kier molecular flexibility index (Phi) is 6.02. The molecule has 3 rings (SSSR count). The Bertz CT molecular complexity index is 1070. The molecule has 1 amide bonds. The number of hydrogen-bond acceptors (Lipinski definition) is 7. The fourth-order valence-electron chi connectivity index (χ4n) is 2.17. The zero-order valence-electron chi connectivity index (χ0n) is 14.4. The van der Waals surface area contributed by atoms with Crippen LogP contribution in [0.2, 0.25) is 5.02 Å². The van der Waals surface area contributed by atoms with Gasteiger partial charge in [-0.1, -0.05) is 23.7 Å². The van der Waals surface area contributed by atoms with Gasteiger partial charge in [0.2, 0.25) is 5.16 Å². The first-order valence-electron chi connectivity index (χ1n) is 7.86. The van der Waals surface area contributed by atoms with E-state index in [4.69, 9.17) is 11.6 Å². The molecule has 0 saturated heterocycles. The van der Waals surface area contributed by atoms with Crippen molar-refractivity contribution in [3.63, 3.8) is 0 Å². The summed E-state index contributed by atoms with van der Waals surface area (Å²) in [7, 11) is 0. The molecule has 142 valence electrons. The van der Waals surface area contributed by atoms with Gasteiger partial charge in [0.1, 0.15) is 5.82 Å². The van der Waals surface area contributed by atoms with Gasteiger partial charge >= 0.3 is 0 Å². The summed E-state index contributed by atoms with van der Waals surface area (Å²) in [6.45, 7) is 1.74. The number of nitro groups is 1. The zero-order chi connectivity index (χ0) is 20.1. The molecule has 0 spiro atoms. The minimum Gasteiger partial charge on any atom is -0.267 e. The third kappa shape index (κ3) is 4.93. The highest BCUT2D eigenvalue weighted by Gasteiger charge is 2.17. The summed E-state index contributed by atoms with van der Waals surface area (Å²) < 4.78 is 0. The summed E-state index contributed by atoms with van der Waals surface area (Å²) >= 11 is 6.92. The molecule has 0 aliphatic rings. The number of nitrogens with zero attached hydrogens (tertiary/aromatic N) is 4. The number of aromatic nitrogens is 3. The number of carbonyl (C=O) groups is 1. The van der Waals surface area contributed by atoms with E-state index in [0.717, 1.165) is 11.8 Å². The summed E-state index contributed by atoms with van der Waals surface area (Å²) in [6.07, 6.45) is 1.32. The second-order valence-corrected chi connectivity index (χ2v) is 6.94. The third-order valence-corrected chi connectivity index (χ3v) is 4.59. The summed E-state index contributed by atoms with van der Waals surface area (Å²) in [5, 5.41) is 22.7. The molecule has 0 saturated carbocycles. The molecule has 3 aromatic rings. The maximum absolute atomic E-state index is 12.0. The second-order valence-electron chi connectivity index (χ2n) is 5.50. The van der Waals surface area contributed by atoms with E-state index in [9.17, 15) is 14.9 Å². The number of hydrogen-bond donors (Lipinski definition) is 2. The number of rotatable bonds is 6. The minimum absolute atomic E-state index is 0.113. The molecule has 1 heterocycles. The summed E-state index contributed by atoms with van der Waals surface area (Å²) in [4.78, 5) is 27.4. The maximum Gasteiger partial charge on any atom is 0.283 e. The highest BCUT2D eigenvalue weighted by atomic mass is 35.5. The Hall–Kier alpha value is -3.24. The van der Waals surface area contributed by atoms with Gasteiger partial charge in [0, 0.05) is 22.2 Å². The van der Waals surface area contributed by atoms with Crippen molar-refractivity contribution in [1.82, 2.24) is 20.6 Å². The number of halogens is 1. The van der Waals surface area contributed by atoms with Crippen LogP contribution in [-0.4, -0.2) is 32.2 Å². The van der Waals surface area contributed by atoms with Crippen LogP contribution in [0.5, 0.6) is 0 Å². The molecule has 0 unspecified atom stereocenters. The number of amides is 1. The van der Waals surface area contributed by atoms with E-state index in [1.807, 2.05) is 0 Å².